The zero-order chi connectivity index (χ0) is 23.5. The molecule has 2 aromatic carbocycles. The lowest BCUT2D eigenvalue weighted by atomic mass is 10.1. The minimum Gasteiger partial charge on any atom is -0.494 e. The van der Waals surface area contributed by atoms with Crippen molar-refractivity contribution in [3.8, 4) is 5.75 Å². The molecule has 0 unspecified atom stereocenters. The van der Waals surface area contributed by atoms with Crippen molar-refractivity contribution in [3.05, 3.63) is 54.1 Å². The van der Waals surface area contributed by atoms with Gasteiger partial charge >= 0.3 is 0 Å². The summed E-state index contributed by atoms with van der Waals surface area (Å²) in [5, 5.41) is 0. The Morgan fingerprint density at radius 1 is 1.09 bits per heavy atom. The molecular formula is C21H27N3O6S2. The molecule has 174 valence electrons. The molecule has 1 N–H and O–H groups in total. The number of nitrogens with one attached hydrogen (secondary N) is 1. The number of amides is 1. The molecule has 1 aliphatic rings. The monoisotopic (exact) mass is 481 g/mol. The van der Waals surface area contributed by atoms with Crippen molar-refractivity contribution >= 4 is 31.6 Å². The molecule has 0 aliphatic carbocycles. The van der Waals surface area contributed by atoms with Crippen molar-refractivity contribution in [2.45, 2.75) is 24.3 Å². The largest absolute Gasteiger partial charge is 0.494 e. The number of carbonyl (C=O) groups is 1. The van der Waals surface area contributed by atoms with Gasteiger partial charge in [0.25, 0.3) is 0 Å². The van der Waals surface area contributed by atoms with E-state index < -0.39 is 26.0 Å². The summed E-state index contributed by atoms with van der Waals surface area (Å²) in [6.45, 7) is 2.59. The summed E-state index contributed by atoms with van der Waals surface area (Å²) >= 11 is 0. The highest BCUT2D eigenvalue weighted by atomic mass is 32.2. The molecular weight excluding hydrogens is 454 g/mol. The first-order valence-electron chi connectivity index (χ1n) is 10.1. The average molecular weight is 482 g/mol. The standard InChI is InChI=1S/C21H27N3O6S2/c1-4-30-18-9-5-16(6-10-18)20(23(2)3)15-22-32(28,29)19-11-7-17(8-12-19)24-21(25)13-14-31(24,26)27/h5-12,20,22H,4,13-15H2,1-3H3/t20-/m1/s1. The minimum atomic E-state index is -3.85. The van der Waals surface area contributed by atoms with Gasteiger partial charge in [-0.05, 0) is 63.0 Å². The van der Waals surface area contributed by atoms with Crippen LogP contribution in [0.1, 0.15) is 24.9 Å². The summed E-state index contributed by atoms with van der Waals surface area (Å²) < 4.78 is 58.5. The number of ether oxygens (including phenoxy) is 1. The van der Waals surface area contributed by atoms with E-state index in [1.165, 1.54) is 24.3 Å². The Kier molecular flexibility index (Phi) is 7.23. The van der Waals surface area contributed by atoms with Gasteiger partial charge in [-0.2, -0.15) is 0 Å². The van der Waals surface area contributed by atoms with E-state index in [9.17, 15) is 21.6 Å². The molecule has 1 amide bonds. The first-order chi connectivity index (χ1) is 15.0. The number of benzene rings is 2. The number of nitrogens with zero attached hydrogens (tertiary/aromatic N) is 2. The third-order valence-corrected chi connectivity index (χ3v) is 8.26. The molecule has 1 fully saturated rings. The second kappa shape index (κ2) is 9.57. The summed E-state index contributed by atoms with van der Waals surface area (Å²) in [6, 6.07) is 12.5. The zero-order valence-electron chi connectivity index (χ0n) is 18.2. The first-order valence-corrected chi connectivity index (χ1v) is 13.2. The van der Waals surface area contributed by atoms with Gasteiger partial charge in [0.05, 0.1) is 22.9 Å². The Balaban J connectivity index is 1.74. The van der Waals surface area contributed by atoms with Crippen molar-refractivity contribution in [1.82, 2.24) is 9.62 Å². The molecule has 1 heterocycles. The number of sulfonamides is 2. The topological polar surface area (TPSA) is 113 Å². The van der Waals surface area contributed by atoms with E-state index in [-0.39, 0.29) is 35.3 Å². The van der Waals surface area contributed by atoms with E-state index in [2.05, 4.69) is 4.72 Å². The van der Waals surface area contributed by atoms with Gasteiger partial charge in [0.1, 0.15) is 5.75 Å². The lowest BCUT2D eigenvalue weighted by Gasteiger charge is -2.25. The highest BCUT2D eigenvalue weighted by Gasteiger charge is 2.36. The number of hydrogen-bond donors (Lipinski definition) is 1. The summed E-state index contributed by atoms with van der Waals surface area (Å²) in [5.74, 6) is -0.0268. The normalized spacial score (nSPS) is 17.0. The third-order valence-electron chi connectivity index (χ3n) is 5.13. The van der Waals surface area contributed by atoms with Crippen LogP contribution in [0.5, 0.6) is 5.75 Å². The fourth-order valence-corrected chi connectivity index (χ4v) is 5.95. The second-order valence-corrected chi connectivity index (χ2v) is 11.3. The second-order valence-electron chi connectivity index (χ2n) is 7.55. The molecule has 0 bridgehead atoms. The number of hydrogen-bond acceptors (Lipinski definition) is 7. The van der Waals surface area contributed by atoms with Crippen molar-refractivity contribution in [2.24, 2.45) is 0 Å². The van der Waals surface area contributed by atoms with E-state index in [0.29, 0.717) is 6.61 Å². The van der Waals surface area contributed by atoms with Crippen LogP contribution in [-0.2, 0) is 24.8 Å². The number of anilines is 1. The van der Waals surface area contributed by atoms with Gasteiger partial charge in [-0.15, -0.1) is 0 Å². The van der Waals surface area contributed by atoms with Gasteiger partial charge in [0.2, 0.25) is 26.0 Å². The van der Waals surface area contributed by atoms with Crippen LogP contribution in [0.2, 0.25) is 0 Å². The van der Waals surface area contributed by atoms with Crippen LogP contribution in [0.3, 0.4) is 0 Å². The van der Waals surface area contributed by atoms with Crippen LogP contribution in [0, 0.1) is 0 Å². The molecule has 1 aliphatic heterocycles. The zero-order valence-corrected chi connectivity index (χ0v) is 19.8. The van der Waals surface area contributed by atoms with Crippen LogP contribution < -0.4 is 13.8 Å². The van der Waals surface area contributed by atoms with Crippen LogP contribution in [0.4, 0.5) is 5.69 Å². The smallest absolute Gasteiger partial charge is 0.242 e. The molecule has 0 saturated carbocycles. The maximum absolute atomic E-state index is 12.8. The Labute approximate surface area is 189 Å². The number of likely N-dealkylation sites (N-methyl/N-ethyl adjacent to an activating group) is 1. The van der Waals surface area contributed by atoms with E-state index in [4.69, 9.17) is 4.74 Å². The molecule has 2 aromatic rings. The van der Waals surface area contributed by atoms with Gasteiger partial charge in [-0.1, -0.05) is 12.1 Å². The maximum atomic E-state index is 12.8. The lowest BCUT2D eigenvalue weighted by Crippen LogP contribution is -2.34. The highest BCUT2D eigenvalue weighted by Crippen LogP contribution is 2.27. The minimum absolute atomic E-state index is 0.0190. The van der Waals surface area contributed by atoms with Crippen LogP contribution in [-0.4, -0.2) is 60.6 Å². The predicted molar refractivity (Wildman–Crippen MR) is 122 cm³/mol. The van der Waals surface area contributed by atoms with Gasteiger partial charge in [0.15, 0.2) is 0 Å². The molecule has 9 nitrogen and oxygen atoms in total. The van der Waals surface area contributed by atoms with Crippen LogP contribution in [0.15, 0.2) is 53.4 Å². The average Bonchev–Trinajstić information content (AvgIpc) is 3.01. The molecule has 32 heavy (non-hydrogen) atoms. The fourth-order valence-electron chi connectivity index (χ4n) is 3.45. The van der Waals surface area contributed by atoms with Crippen LogP contribution >= 0.6 is 0 Å². The van der Waals surface area contributed by atoms with Crippen molar-refractivity contribution < 1.29 is 26.4 Å². The van der Waals surface area contributed by atoms with E-state index >= 15 is 0 Å². The number of carbonyl (C=O) groups excluding carboxylic acids is 1. The fraction of sp³-hybridized carbons (Fsp3) is 0.381. The molecule has 11 heteroatoms. The van der Waals surface area contributed by atoms with Crippen molar-refractivity contribution in [3.63, 3.8) is 0 Å². The molecule has 1 saturated heterocycles. The Hall–Kier alpha value is -2.47. The van der Waals surface area contributed by atoms with Gasteiger partial charge in [-0.3, -0.25) is 4.79 Å². The van der Waals surface area contributed by atoms with E-state index in [1.807, 2.05) is 50.2 Å². The molecule has 3 rings (SSSR count). The van der Waals surface area contributed by atoms with Gasteiger partial charge in [0, 0.05) is 19.0 Å². The SMILES string of the molecule is CCOc1ccc([C@@H](CNS(=O)(=O)c2ccc(N3C(=O)CCS3(=O)=O)cc2)N(C)C)cc1. The van der Waals surface area contributed by atoms with Crippen LogP contribution in [0.25, 0.3) is 0 Å². The van der Waals surface area contributed by atoms with Gasteiger partial charge < -0.3 is 9.64 Å². The Morgan fingerprint density at radius 3 is 2.22 bits per heavy atom. The summed E-state index contributed by atoms with van der Waals surface area (Å²) in [5.41, 5.74) is 1.06. The summed E-state index contributed by atoms with van der Waals surface area (Å²) in [4.78, 5) is 13.8. The number of rotatable bonds is 9. The first kappa shape index (κ1) is 24.2. The molecule has 0 radical (unpaired) electrons. The molecule has 1 atom stereocenters. The molecule has 0 spiro atoms. The third kappa shape index (κ3) is 5.29. The predicted octanol–water partition coefficient (Wildman–Crippen LogP) is 1.73. The summed E-state index contributed by atoms with van der Waals surface area (Å²) in [7, 11) is -3.83. The molecule has 0 aromatic heterocycles. The lowest BCUT2D eigenvalue weighted by molar-refractivity contribution is -0.116. The van der Waals surface area contributed by atoms with E-state index in [0.717, 1.165) is 15.6 Å². The maximum Gasteiger partial charge on any atom is 0.242 e. The highest BCUT2D eigenvalue weighted by molar-refractivity contribution is 7.94. The van der Waals surface area contributed by atoms with Crippen molar-refractivity contribution in [2.75, 3.05) is 37.3 Å². The van der Waals surface area contributed by atoms with Crippen molar-refractivity contribution in [1.29, 1.82) is 0 Å². The van der Waals surface area contributed by atoms with E-state index in [1.54, 1.807) is 0 Å². The Bertz CT molecular complexity index is 1160. The van der Waals surface area contributed by atoms with Gasteiger partial charge in [-0.25, -0.2) is 25.9 Å². The Morgan fingerprint density at radius 2 is 1.72 bits per heavy atom. The summed E-state index contributed by atoms with van der Waals surface area (Å²) in [6.07, 6.45) is -0.0819. The quantitative estimate of drug-likeness (QED) is 0.580.